The van der Waals surface area contributed by atoms with E-state index >= 15 is 0 Å². The summed E-state index contributed by atoms with van der Waals surface area (Å²) in [5.41, 5.74) is 8.07. The second kappa shape index (κ2) is 9.28. The summed E-state index contributed by atoms with van der Waals surface area (Å²) in [4.78, 5) is 27.1. The number of benzene rings is 1. The molecule has 0 saturated carbocycles. The quantitative estimate of drug-likeness (QED) is 0.320. The molecule has 3 rings (SSSR count). The number of thiophene rings is 1. The second-order valence-electron chi connectivity index (χ2n) is 6.40. The summed E-state index contributed by atoms with van der Waals surface area (Å²) >= 11 is 2.94. The molecular formula is C20H24N2O3S2. The Hall–Kier alpha value is -1.99. The molecule has 1 aliphatic rings. The van der Waals surface area contributed by atoms with Crippen LogP contribution >= 0.6 is 23.1 Å². The number of nitrogen functional groups attached to an aromatic ring is 1. The topological polar surface area (TPSA) is 81.4 Å². The molecule has 1 heterocycles. The molecule has 0 spiro atoms. The number of anilines is 2. The Morgan fingerprint density at radius 1 is 1.26 bits per heavy atom. The summed E-state index contributed by atoms with van der Waals surface area (Å²) in [5, 5.41) is 3.56. The Morgan fingerprint density at radius 2 is 2.07 bits per heavy atom. The summed E-state index contributed by atoms with van der Waals surface area (Å²) in [5.74, 6) is -0.214. The summed E-state index contributed by atoms with van der Waals surface area (Å²) < 4.78 is 5.26. The summed E-state index contributed by atoms with van der Waals surface area (Å²) in [6.07, 6.45) is 5.18. The minimum absolute atomic E-state index is 0.135. The zero-order valence-corrected chi connectivity index (χ0v) is 17.0. The van der Waals surface area contributed by atoms with Crippen molar-refractivity contribution < 1.29 is 14.3 Å². The van der Waals surface area contributed by atoms with E-state index in [1.165, 1.54) is 34.4 Å². The highest BCUT2D eigenvalue weighted by Crippen LogP contribution is 2.38. The van der Waals surface area contributed by atoms with E-state index in [-0.39, 0.29) is 17.6 Å². The first-order valence-electron chi connectivity index (χ1n) is 9.18. The number of ether oxygens (including phenoxy) is 1. The number of nitrogens with two attached hydrogens (primary N) is 1. The molecule has 0 saturated heterocycles. The van der Waals surface area contributed by atoms with Crippen molar-refractivity contribution in [1.82, 2.24) is 0 Å². The third-order valence-corrected chi connectivity index (χ3v) is 6.58. The van der Waals surface area contributed by atoms with Crippen LogP contribution in [-0.4, -0.2) is 24.2 Å². The average Bonchev–Trinajstić information content (AvgIpc) is 2.81. The number of carbonyl (C=O) groups excluding carboxylic acids is 2. The van der Waals surface area contributed by atoms with Crippen molar-refractivity contribution in [3.05, 3.63) is 40.3 Å². The van der Waals surface area contributed by atoms with Crippen LogP contribution < -0.4 is 11.1 Å². The number of carbonyl (C=O) groups is 2. The molecule has 0 fully saturated rings. The number of rotatable bonds is 6. The van der Waals surface area contributed by atoms with E-state index in [4.69, 9.17) is 10.5 Å². The molecule has 144 valence electrons. The van der Waals surface area contributed by atoms with E-state index in [0.717, 1.165) is 36.1 Å². The zero-order valence-electron chi connectivity index (χ0n) is 15.4. The van der Waals surface area contributed by atoms with Gasteiger partial charge in [0.15, 0.2) is 0 Å². The number of aryl methyl sites for hydroxylation is 1. The minimum Gasteiger partial charge on any atom is -0.462 e. The maximum Gasteiger partial charge on any atom is 0.341 e. The van der Waals surface area contributed by atoms with Crippen LogP contribution in [0, 0.1) is 0 Å². The van der Waals surface area contributed by atoms with E-state index in [2.05, 4.69) is 5.32 Å². The Labute approximate surface area is 167 Å². The minimum atomic E-state index is -0.337. The lowest BCUT2D eigenvalue weighted by molar-refractivity contribution is -0.113. The van der Waals surface area contributed by atoms with Crippen molar-refractivity contribution in [2.24, 2.45) is 0 Å². The SMILES string of the molecule is CCOC(=O)c1c(NC(=O)CSc2cccc(N)c2)sc2c1CCCCC2. The lowest BCUT2D eigenvalue weighted by atomic mass is 10.1. The van der Waals surface area contributed by atoms with Gasteiger partial charge in [0.25, 0.3) is 0 Å². The predicted molar refractivity (Wildman–Crippen MR) is 112 cm³/mol. The van der Waals surface area contributed by atoms with Gasteiger partial charge in [-0.3, -0.25) is 4.79 Å². The predicted octanol–water partition coefficient (Wildman–Crippen LogP) is 4.51. The lowest BCUT2D eigenvalue weighted by Gasteiger charge is -2.08. The van der Waals surface area contributed by atoms with Gasteiger partial charge in [0.2, 0.25) is 5.91 Å². The Balaban J connectivity index is 1.74. The number of hydrogen-bond donors (Lipinski definition) is 2. The van der Waals surface area contributed by atoms with Crippen molar-refractivity contribution in [1.29, 1.82) is 0 Å². The van der Waals surface area contributed by atoms with Gasteiger partial charge in [-0.15, -0.1) is 23.1 Å². The van der Waals surface area contributed by atoms with Gasteiger partial charge in [-0.25, -0.2) is 4.79 Å². The van der Waals surface area contributed by atoms with Crippen LogP contribution in [0.15, 0.2) is 29.2 Å². The van der Waals surface area contributed by atoms with Gasteiger partial charge < -0.3 is 15.8 Å². The highest BCUT2D eigenvalue weighted by atomic mass is 32.2. The first-order valence-corrected chi connectivity index (χ1v) is 11.0. The first kappa shape index (κ1) is 19.8. The highest BCUT2D eigenvalue weighted by Gasteiger charge is 2.26. The van der Waals surface area contributed by atoms with Crippen molar-refractivity contribution in [2.45, 2.75) is 43.9 Å². The average molecular weight is 405 g/mol. The Kier molecular flexibility index (Phi) is 6.79. The Bertz CT molecular complexity index is 833. The maximum atomic E-state index is 12.5. The number of fused-ring (bicyclic) bond motifs is 1. The fourth-order valence-corrected chi connectivity index (χ4v) is 5.22. The fourth-order valence-electron chi connectivity index (χ4n) is 3.17. The van der Waals surface area contributed by atoms with E-state index in [0.29, 0.717) is 22.9 Å². The van der Waals surface area contributed by atoms with Crippen LogP contribution in [0.5, 0.6) is 0 Å². The van der Waals surface area contributed by atoms with Crippen LogP contribution in [0.3, 0.4) is 0 Å². The lowest BCUT2D eigenvalue weighted by Crippen LogP contribution is -2.16. The van der Waals surface area contributed by atoms with Gasteiger partial charge in [-0.2, -0.15) is 0 Å². The van der Waals surface area contributed by atoms with Crippen LogP contribution in [0.1, 0.15) is 47.0 Å². The fraction of sp³-hybridized carbons (Fsp3) is 0.400. The molecule has 5 nitrogen and oxygen atoms in total. The van der Waals surface area contributed by atoms with Crippen LogP contribution in [0.2, 0.25) is 0 Å². The number of thioether (sulfide) groups is 1. The van der Waals surface area contributed by atoms with E-state index in [1.807, 2.05) is 24.3 Å². The number of esters is 1. The summed E-state index contributed by atoms with van der Waals surface area (Å²) in [6, 6.07) is 7.44. The molecule has 0 aliphatic heterocycles. The van der Waals surface area contributed by atoms with Crippen LogP contribution in [-0.2, 0) is 22.4 Å². The molecule has 0 unspecified atom stereocenters. The molecule has 7 heteroatoms. The van der Waals surface area contributed by atoms with E-state index < -0.39 is 0 Å². The number of nitrogens with one attached hydrogen (secondary N) is 1. The van der Waals surface area contributed by atoms with Crippen LogP contribution in [0.25, 0.3) is 0 Å². The number of amides is 1. The maximum absolute atomic E-state index is 12.5. The van der Waals surface area contributed by atoms with Crippen molar-refractivity contribution >= 4 is 45.7 Å². The molecule has 1 aromatic heterocycles. The monoisotopic (exact) mass is 404 g/mol. The van der Waals surface area contributed by atoms with Gasteiger partial charge in [0, 0.05) is 15.5 Å². The molecular weight excluding hydrogens is 380 g/mol. The molecule has 0 radical (unpaired) electrons. The molecule has 1 aliphatic carbocycles. The smallest absolute Gasteiger partial charge is 0.341 e. The molecule has 1 aromatic carbocycles. The molecule has 0 atom stereocenters. The van der Waals surface area contributed by atoms with Crippen molar-refractivity contribution in [2.75, 3.05) is 23.4 Å². The van der Waals surface area contributed by atoms with E-state index in [1.54, 1.807) is 6.92 Å². The van der Waals surface area contributed by atoms with Gasteiger partial charge >= 0.3 is 5.97 Å². The largest absolute Gasteiger partial charge is 0.462 e. The summed E-state index contributed by atoms with van der Waals surface area (Å²) in [7, 11) is 0. The Morgan fingerprint density at radius 3 is 2.85 bits per heavy atom. The van der Waals surface area contributed by atoms with Crippen LogP contribution in [0.4, 0.5) is 10.7 Å². The zero-order chi connectivity index (χ0) is 19.2. The first-order chi connectivity index (χ1) is 13.1. The molecule has 3 N–H and O–H groups in total. The van der Waals surface area contributed by atoms with Crippen molar-refractivity contribution in [3.63, 3.8) is 0 Å². The summed E-state index contributed by atoms with van der Waals surface area (Å²) in [6.45, 7) is 2.12. The normalized spacial score (nSPS) is 13.5. The molecule has 2 aromatic rings. The van der Waals surface area contributed by atoms with E-state index in [9.17, 15) is 9.59 Å². The van der Waals surface area contributed by atoms with Gasteiger partial charge in [0.1, 0.15) is 5.00 Å². The van der Waals surface area contributed by atoms with Gasteiger partial charge in [-0.05, 0) is 56.4 Å². The van der Waals surface area contributed by atoms with Gasteiger partial charge in [-0.1, -0.05) is 12.5 Å². The third-order valence-electron chi connectivity index (χ3n) is 4.38. The molecule has 1 amide bonds. The second-order valence-corrected chi connectivity index (χ2v) is 8.55. The van der Waals surface area contributed by atoms with Crippen molar-refractivity contribution in [3.8, 4) is 0 Å². The standard InChI is InChI=1S/C20H24N2O3S2/c1-2-25-20(24)18-15-9-4-3-5-10-16(15)27-19(18)22-17(23)12-26-14-8-6-7-13(21)11-14/h6-8,11H,2-5,9-10,12,21H2,1H3,(H,22,23). The third kappa shape index (κ3) is 5.05. The molecule has 27 heavy (non-hydrogen) atoms. The molecule has 0 bridgehead atoms. The number of hydrogen-bond acceptors (Lipinski definition) is 6. The van der Waals surface area contributed by atoms with Gasteiger partial charge in [0.05, 0.1) is 17.9 Å². The highest BCUT2D eigenvalue weighted by molar-refractivity contribution is 8.00.